The van der Waals surface area contributed by atoms with Crippen molar-refractivity contribution < 1.29 is 5.11 Å². The molecule has 0 radical (unpaired) electrons. The van der Waals surface area contributed by atoms with Crippen LogP contribution in [0.1, 0.15) is 49.1 Å². The van der Waals surface area contributed by atoms with E-state index in [1.807, 2.05) is 0 Å². The van der Waals surface area contributed by atoms with Crippen molar-refractivity contribution in [3.8, 4) is 0 Å². The minimum atomic E-state index is 0.303. The van der Waals surface area contributed by atoms with Crippen LogP contribution < -0.4 is 0 Å². The van der Waals surface area contributed by atoms with Crippen LogP contribution in [-0.4, -0.2) is 11.7 Å². The van der Waals surface area contributed by atoms with Crippen LogP contribution in [0.4, 0.5) is 0 Å². The van der Waals surface area contributed by atoms with Crippen LogP contribution in [0.2, 0.25) is 0 Å². The molecule has 0 amide bonds. The molecule has 2 saturated carbocycles. The quantitative estimate of drug-likeness (QED) is 0.851. The predicted octanol–water partition coefficient (Wildman–Crippen LogP) is 3.90. The van der Waals surface area contributed by atoms with Crippen molar-refractivity contribution in [3.05, 3.63) is 35.4 Å². The number of aryl methyl sites for hydroxylation is 1. The Labute approximate surface area is 110 Å². The molecule has 4 atom stereocenters. The Balaban J connectivity index is 1.69. The predicted molar refractivity (Wildman–Crippen MR) is 74.6 cm³/mol. The van der Waals surface area contributed by atoms with Crippen LogP contribution in [0.5, 0.6) is 0 Å². The summed E-state index contributed by atoms with van der Waals surface area (Å²) in [7, 11) is 0. The second kappa shape index (κ2) is 5.05. The molecule has 2 bridgehead atoms. The smallest absolute Gasteiger partial charge is 0.0499 e. The molecule has 0 spiro atoms. The van der Waals surface area contributed by atoms with Crippen LogP contribution in [0.25, 0.3) is 0 Å². The van der Waals surface area contributed by atoms with E-state index >= 15 is 0 Å². The number of rotatable bonds is 4. The Morgan fingerprint density at radius 2 is 2.17 bits per heavy atom. The van der Waals surface area contributed by atoms with Gasteiger partial charge < -0.3 is 5.11 Å². The second-order valence-corrected chi connectivity index (χ2v) is 6.46. The highest BCUT2D eigenvalue weighted by molar-refractivity contribution is 5.25. The Hall–Kier alpha value is -0.820. The van der Waals surface area contributed by atoms with E-state index in [4.69, 9.17) is 0 Å². The van der Waals surface area contributed by atoms with Gasteiger partial charge in [-0.3, -0.25) is 0 Å². The summed E-state index contributed by atoms with van der Waals surface area (Å²) in [5.41, 5.74) is 2.64. The van der Waals surface area contributed by atoms with Crippen molar-refractivity contribution in [1.82, 2.24) is 0 Å². The van der Waals surface area contributed by atoms with Crippen molar-refractivity contribution in [2.75, 3.05) is 6.61 Å². The fourth-order valence-corrected chi connectivity index (χ4v) is 4.27. The molecule has 1 nitrogen and oxygen atoms in total. The Kier molecular flexibility index (Phi) is 3.43. The van der Waals surface area contributed by atoms with E-state index in [-0.39, 0.29) is 0 Å². The lowest BCUT2D eigenvalue weighted by atomic mass is 9.80. The van der Waals surface area contributed by atoms with Crippen molar-refractivity contribution >= 4 is 0 Å². The maximum atomic E-state index is 9.70. The summed E-state index contributed by atoms with van der Waals surface area (Å²) in [4.78, 5) is 0. The third-order valence-electron chi connectivity index (χ3n) is 5.21. The Morgan fingerprint density at radius 1 is 1.28 bits per heavy atom. The molecule has 1 heteroatoms. The zero-order chi connectivity index (χ0) is 12.5. The zero-order valence-corrected chi connectivity index (χ0v) is 11.3. The molecule has 0 heterocycles. The standard InChI is InChI=1S/C17H24O/c1-12-3-2-4-14(7-12)17(11-18)10-16-9-13-5-6-15(16)8-13/h2-4,7,13,15-18H,5-6,8-11H2,1H3. The fourth-order valence-electron chi connectivity index (χ4n) is 4.27. The van der Waals surface area contributed by atoms with Gasteiger partial charge >= 0.3 is 0 Å². The van der Waals surface area contributed by atoms with Gasteiger partial charge in [-0.25, -0.2) is 0 Å². The van der Waals surface area contributed by atoms with Gasteiger partial charge in [0.1, 0.15) is 0 Å². The summed E-state index contributed by atoms with van der Waals surface area (Å²) in [6.45, 7) is 2.44. The van der Waals surface area contributed by atoms with Gasteiger partial charge in [0, 0.05) is 12.5 Å². The first-order valence-corrected chi connectivity index (χ1v) is 7.43. The van der Waals surface area contributed by atoms with E-state index in [2.05, 4.69) is 31.2 Å². The number of aliphatic hydroxyl groups excluding tert-OH is 1. The molecule has 2 fully saturated rings. The molecule has 1 aromatic rings. The Bertz CT molecular complexity index is 412. The molecule has 1 N–H and O–H groups in total. The lowest BCUT2D eigenvalue weighted by Crippen LogP contribution is -2.16. The normalized spacial score (nSPS) is 31.8. The lowest BCUT2D eigenvalue weighted by Gasteiger charge is -2.26. The molecule has 0 aliphatic heterocycles. The molecule has 98 valence electrons. The fraction of sp³-hybridized carbons (Fsp3) is 0.647. The number of aliphatic hydroxyl groups is 1. The van der Waals surface area contributed by atoms with Crippen molar-refractivity contribution in [2.24, 2.45) is 17.8 Å². The number of benzene rings is 1. The third-order valence-corrected chi connectivity index (χ3v) is 5.21. The average Bonchev–Trinajstić information content (AvgIpc) is 2.98. The monoisotopic (exact) mass is 244 g/mol. The van der Waals surface area contributed by atoms with E-state index in [1.54, 1.807) is 0 Å². The summed E-state index contributed by atoms with van der Waals surface area (Å²) in [5.74, 6) is 3.21. The summed E-state index contributed by atoms with van der Waals surface area (Å²) in [6.07, 6.45) is 7.00. The molecule has 2 aliphatic rings. The van der Waals surface area contributed by atoms with Crippen LogP contribution in [0.3, 0.4) is 0 Å². The number of fused-ring (bicyclic) bond motifs is 2. The number of hydrogen-bond acceptors (Lipinski definition) is 1. The van der Waals surface area contributed by atoms with Gasteiger partial charge in [0.2, 0.25) is 0 Å². The van der Waals surface area contributed by atoms with E-state index < -0.39 is 0 Å². The summed E-state index contributed by atoms with van der Waals surface area (Å²) in [6, 6.07) is 8.68. The van der Waals surface area contributed by atoms with Gasteiger partial charge in [-0.2, -0.15) is 0 Å². The molecule has 4 unspecified atom stereocenters. The SMILES string of the molecule is Cc1cccc(C(CO)CC2CC3CCC2C3)c1. The highest BCUT2D eigenvalue weighted by Gasteiger charge is 2.40. The highest BCUT2D eigenvalue weighted by Crippen LogP contribution is 2.51. The summed E-state index contributed by atoms with van der Waals surface area (Å²) in [5, 5.41) is 9.70. The second-order valence-electron chi connectivity index (χ2n) is 6.46. The van der Waals surface area contributed by atoms with Crippen molar-refractivity contribution in [3.63, 3.8) is 0 Å². The molecule has 18 heavy (non-hydrogen) atoms. The van der Waals surface area contributed by atoms with Crippen molar-refractivity contribution in [1.29, 1.82) is 0 Å². The molecule has 1 aromatic carbocycles. The average molecular weight is 244 g/mol. The van der Waals surface area contributed by atoms with Gasteiger partial charge in [-0.1, -0.05) is 36.2 Å². The maximum Gasteiger partial charge on any atom is 0.0499 e. The minimum absolute atomic E-state index is 0.303. The number of hydrogen-bond donors (Lipinski definition) is 1. The first-order chi connectivity index (χ1) is 8.76. The molecule has 2 aliphatic carbocycles. The molecule has 0 saturated heterocycles. The van der Waals surface area contributed by atoms with E-state index in [1.165, 1.54) is 43.2 Å². The third kappa shape index (κ3) is 2.33. The van der Waals surface area contributed by atoms with Crippen molar-refractivity contribution in [2.45, 2.75) is 44.9 Å². The van der Waals surface area contributed by atoms with Gasteiger partial charge in [-0.15, -0.1) is 0 Å². The topological polar surface area (TPSA) is 20.2 Å². The summed E-state index contributed by atoms with van der Waals surface area (Å²) < 4.78 is 0. The van der Waals surface area contributed by atoms with E-state index in [0.29, 0.717) is 12.5 Å². The van der Waals surface area contributed by atoms with Crippen LogP contribution >= 0.6 is 0 Å². The highest BCUT2D eigenvalue weighted by atomic mass is 16.3. The maximum absolute atomic E-state index is 9.70. The van der Waals surface area contributed by atoms with Crippen LogP contribution in [-0.2, 0) is 0 Å². The van der Waals surface area contributed by atoms with Gasteiger partial charge in [0.25, 0.3) is 0 Å². The Morgan fingerprint density at radius 3 is 2.78 bits per heavy atom. The van der Waals surface area contributed by atoms with E-state index in [9.17, 15) is 5.11 Å². The molecular formula is C17H24O. The molecular weight excluding hydrogens is 220 g/mol. The van der Waals surface area contributed by atoms with Crippen LogP contribution in [0, 0.1) is 24.7 Å². The van der Waals surface area contributed by atoms with Gasteiger partial charge in [-0.05, 0) is 55.9 Å². The van der Waals surface area contributed by atoms with E-state index in [0.717, 1.165) is 17.8 Å². The summed E-state index contributed by atoms with van der Waals surface area (Å²) >= 11 is 0. The first kappa shape index (κ1) is 12.2. The van der Waals surface area contributed by atoms with Gasteiger partial charge in [0.05, 0.1) is 0 Å². The van der Waals surface area contributed by atoms with Gasteiger partial charge in [0.15, 0.2) is 0 Å². The first-order valence-electron chi connectivity index (χ1n) is 7.43. The molecule has 0 aromatic heterocycles. The van der Waals surface area contributed by atoms with Crippen LogP contribution in [0.15, 0.2) is 24.3 Å². The zero-order valence-electron chi connectivity index (χ0n) is 11.3. The lowest BCUT2D eigenvalue weighted by molar-refractivity contribution is 0.219. The minimum Gasteiger partial charge on any atom is -0.396 e. The largest absolute Gasteiger partial charge is 0.396 e. The molecule has 3 rings (SSSR count).